The Morgan fingerprint density at radius 1 is 1.12 bits per heavy atom. The molecule has 1 aromatic rings. The predicted octanol–water partition coefficient (Wildman–Crippen LogP) is 4.22. The topological polar surface area (TPSA) is 18.5 Å². The lowest BCUT2D eigenvalue weighted by atomic mass is 10.4. The Bertz CT molecular complexity index is 297. The van der Waals surface area contributed by atoms with Gasteiger partial charge < -0.3 is 9.47 Å². The van der Waals surface area contributed by atoms with Crippen molar-refractivity contribution in [2.45, 2.75) is 31.5 Å². The molecular weight excluding hydrogens is 256 g/mol. The molecule has 0 aliphatic rings. The molecule has 0 spiro atoms. The molecule has 4 heteroatoms. The quantitative estimate of drug-likeness (QED) is 0.522. The molecule has 0 aliphatic heterocycles. The molecule has 0 radical (unpaired) electrons. The summed E-state index contributed by atoms with van der Waals surface area (Å²) in [7, 11) is 0. The SMILES string of the molecule is CCOC(CCSc1ccc(Cl)cc1)OCC. The number of benzene rings is 1. The maximum atomic E-state index is 5.83. The van der Waals surface area contributed by atoms with Crippen molar-refractivity contribution in [3.05, 3.63) is 29.3 Å². The number of rotatable bonds is 8. The van der Waals surface area contributed by atoms with Gasteiger partial charge in [-0.1, -0.05) is 11.6 Å². The van der Waals surface area contributed by atoms with Gasteiger partial charge in [-0.15, -0.1) is 11.8 Å². The van der Waals surface area contributed by atoms with Crippen LogP contribution in [0.3, 0.4) is 0 Å². The fourth-order valence-corrected chi connectivity index (χ4v) is 2.39. The van der Waals surface area contributed by atoms with Crippen LogP contribution in [0.1, 0.15) is 20.3 Å². The van der Waals surface area contributed by atoms with Crippen molar-refractivity contribution in [1.82, 2.24) is 0 Å². The lowest BCUT2D eigenvalue weighted by molar-refractivity contribution is -0.136. The lowest BCUT2D eigenvalue weighted by Crippen LogP contribution is -2.18. The highest BCUT2D eigenvalue weighted by Gasteiger charge is 2.07. The Morgan fingerprint density at radius 2 is 1.71 bits per heavy atom. The van der Waals surface area contributed by atoms with E-state index in [1.54, 1.807) is 11.8 Å². The van der Waals surface area contributed by atoms with Crippen LogP contribution in [0.2, 0.25) is 5.02 Å². The normalized spacial score (nSPS) is 11.1. The molecule has 0 amide bonds. The molecule has 1 rings (SSSR count). The average molecular weight is 275 g/mol. The maximum absolute atomic E-state index is 5.83. The van der Waals surface area contributed by atoms with Crippen LogP contribution in [0.25, 0.3) is 0 Å². The maximum Gasteiger partial charge on any atom is 0.158 e. The first kappa shape index (κ1) is 14.8. The van der Waals surface area contributed by atoms with Gasteiger partial charge in [-0.25, -0.2) is 0 Å². The van der Waals surface area contributed by atoms with Crippen LogP contribution >= 0.6 is 23.4 Å². The Hall–Kier alpha value is -0.220. The average Bonchev–Trinajstić information content (AvgIpc) is 2.32. The van der Waals surface area contributed by atoms with Gasteiger partial charge in [0.2, 0.25) is 0 Å². The third-order valence-corrected chi connectivity index (χ3v) is 3.44. The fraction of sp³-hybridized carbons (Fsp3) is 0.538. The van der Waals surface area contributed by atoms with E-state index in [9.17, 15) is 0 Å². The largest absolute Gasteiger partial charge is 0.353 e. The summed E-state index contributed by atoms with van der Waals surface area (Å²) in [5.74, 6) is 0.978. The second kappa shape index (κ2) is 8.81. The molecule has 0 unspecified atom stereocenters. The van der Waals surface area contributed by atoms with Gasteiger partial charge in [0, 0.05) is 35.3 Å². The molecule has 0 N–H and O–H groups in total. The minimum atomic E-state index is -0.0789. The van der Waals surface area contributed by atoms with E-state index >= 15 is 0 Å². The van der Waals surface area contributed by atoms with Crippen molar-refractivity contribution >= 4 is 23.4 Å². The Labute approximate surface area is 113 Å². The molecule has 0 saturated carbocycles. The molecule has 17 heavy (non-hydrogen) atoms. The summed E-state index contributed by atoms with van der Waals surface area (Å²) >= 11 is 7.62. The number of hydrogen-bond acceptors (Lipinski definition) is 3. The van der Waals surface area contributed by atoms with Crippen LogP contribution in [0.5, 0.6) is 0 Å². The molecule has 2 nitrogen and oxygen atoms in total. The van der Waals surface area contributed by atoms with E-state index in [0.29, 0.717) is 13.2 Å². The molecule has 96 valence electrons. The first-order chi connectivity index (χ1) is 8.26. The second-order valence-electron chi connectivity index (χ2n) is 3.43. The zero-order valence-electron chi connectivity index (χ0n) is 10.3. The van der Waals surface area contributed by atoms with Crippen LogP contribution < -0.4 is 0 Å². The first-order valence-electron chi connectivity index (χ1n) is 5.87. The third kappa shape index (κ3) is 6.32. The minimum absolute atomic E-state index is 0.0789. The number of ether oxygens (including phenoxy) is 2. The number of thioether (sulfide) groups is 1. The molecule has 0 aliphatic carbocycles. The molecule has 0 heterocycles. The molecular formula is C13H19ClO2S. The highest BCUT2D eigenvalue weighted by Crippen LogP contribution is 2.21. The van der Waals surface area contributed by atoms with Gasteiger partial charge >= 0.3 is 0 Å². The number of halogens is 1. The van der Waals surface area contributed by atoms with E-state index in [2.05, 4.69) is 0 Å². The Balaban J connectivity index is 2.27. The van der Waals surface area contributed by atoms with Crippen molar-refractivity contribution in [1.29, 1.82) is 0 Å². The summed E-state index contributed by atoms with van der Waals surface area (Å²) in [5, 5.41) is 0.774. The van der Waals surface area contributed by atoms with Crippen LogP contribution in [0, 0.1) is 0 Å². The standard InChI is InChI=1S/C13H19ClO2S/c1-3-15-13(16-4-2)9-10-17-12-7-5-11(14)6-8-12/h5-8,13H,3-4,9-10H2,1-2H3. The lowest BCUT2D eigenvalue weighted by Gasteiger charge is -2.16. The van der Waals surface area contributed by atoms with Crippen molar-refractivity contribution in [3.63, 3.8) is 0 Å². The van der Waals surface area contributed by atoms with Crippen molar-refractivity contribution in [3.8, 4) is 0 Å². The fourth-order valence-electron chi connectivity index (χ4n) is 1.39. The van der Waals surface area contributed by atoms with Crippen molar-refractivity contribution in [2.24, 2.45) is 0 Å². The van der Waals surface area contributed by atoms with E-state index in [4.69, 9.17) is 21.1 Å². The van der Waals surface area contributed by atoms with Gasteiger partial charge in [-0.05, 0) is 38.1 Å². The zero-order valence-corrected chi connectivity index (χ0v) is 11.9. The first-order valence-corrected chi connectivity index (χ1v) is 7.24. The zero-order chi connectivity index (χ0) is 12.5. The monoisotopic (exact) mass is 274 g/mol. The Morgan fingerprint density at radius 3 is 2.24 bits per heavy atom. The summed E-state index contributed by atoms with van der Waals surface area (Å²) in [5.41, 5.74) is 0. The van der Waals surface area contributed by atoms with E-state index in [0.717, 1.165) is 17.2 Å². The predicted molar refractivity (Wildman–Crippen MR) is 73.8 cm³/mol. The summed E-state index contributed by atoms with van der Waals surface area (Å²) in [4.78, 5) is 1.22. The smallest absolute Gasteiger partial charge is 0.158 e. The van der Waals surface area contributed by atoms with Gasteiger partial charge in [0.15, 0.2) is 6.29 Å². The van der Waals surface area contributed by atoms with Crippen LogP contribution in [0.4, 0.5) is 0 Å². The van der Waals surface area contributed by atoms with Gasteiger partial charge in [-0.2, -0.15) is 0 Å². The molecule has 0 atom stereocenters. The molecule has 1 aromatic carbocycles. The molecule has 0 fully saturated rings. The molecule has 0 saturated heterocycles. The van der Waals surface area contributed by atoms with Crippen LogP contribution in [-0.4, -0.2) is 25.3 Å². The summed E-state index contributed by atoms with van der Waals surface area (Å²) in [6.07, 6.45) is 0.819. The number of hydrogen-bond donors (Lipinski definition) is 0. The highest BCUT2D eigenvalue weighted by molar-refractivity contribution is 7.99. The molecule has 0 aromatic heterocycles. The third-order valence-electron chi connectivity index (χ3n) is 2.14. The van der Waals surface area contributed by atoms with E-state index in [1.807, 2.05) is 38.1 Å². The minimum Gasteiger partial charge on any atom is -0.353 e. The van der Waals surface area contributed by atoms with Gasteiger partial charge in [0.05, 0.1) is 0 Å². The van der Waals surface area contributed by atoms with Crippen molar-refractivity contribution < 1.29 is 9.47 Å². The highest BCUT2D eigenvalue weighted by atomic mass is 35.5. The van der Waals surface area contributed by atoms with Crippen LogP contribution in [0.15, 0.2) is 29.2 Å². The van der Waals surface area contributed by atoms with Crippen LogP contribution in [-0.2, 0) is 9.47 Å². The summed E-state index contributed by atoms with van der Waals surface area (Å²) in [6, 6.07) is 7.88. The van der Waals surface area contributed by atoms with E-state index in [-0.39, 0.29) is 6.29 Å². The van der Waals surface area contributed by atoms with Gasteiger partial charge in [-0.3, -0.25) is 0 Å². The van der Waals surface area contributed by atoms with Crippen molar-refractivity contribution in [2.75, 3.05) is 19.0 Å². The Kier molecular flexibility index (Phi) is 7.69. The van der Waals surface area contributed by atoms with E-state index in [1.165, 1.54) is 4.90 Å². The summed E-state index contributed by atoms with van der Waals surface area (Å²) in [6.45, 7) is 5.35. The van der Waals surface area contributed by atoms with Gasteiger partial charge in [0.1, 0.15) is 0 Å². The molecule has 0 bridgehead atoms. The van der Waals surface area contributed by atoms with Gasteiger partial charge in [0.25, 0.3) is 0 Å². The second-order valence-corrected chi connectivity index (χ2v) is 5.04. The van der Waals surface area contributed by atoms with E-state index < -0.39 is 0 Å². The summed E-state index contributed by atoms with van der Waals surface area (Å²) < 4.78 is 11.0.